The summed E-state index contributed by atoms with van der Waals surface area (Å²) in [6.07, 6.45) is 5.12. The first-order chi connectivity index (χ1) is 10.2. The zero-order valence-corrected chi connectivity index (χ0v) is 11.6. The molecule has 0 saturated carbocycles. The molecule has 0 N–H and O–H groups in total. The molecule has 1 fully saturated rings. The number of aromatic nitrogens is 3. The van der Waals surface area contributed by atoms with Crippen LogP contribution in [-0.4, -0.2) is 40.3 Å². The Kier molecular flexibility index (Phi) is 3.28. The highest BCUT2D eigenvalue weighted by molar-refractivity contribution is 5.97. The number of rotatable bonds is 2. The van der Waals surface area contributed by atoms with Crippen LogP contribution in [0.3, 0.4) is 0 Å². The molecule has 0 aliphatic carbocycles. The van der Waals surface area contributed by atoms with Gasteiger partial charge >= 0.3 is 0 Å². The highest BCUT2D eigenvalue weighted by atomic mass is 16.2. The van der Waals surface area contributed by atoms with E-state index in [4.69, 9.17) is 5.26 Å². The monoisotopic (exact) mass is 282 g/mol. The molecular formula is C14H14N6O. The first-order valence-corrected chi connectivity index (χ1v) is 6.58. The molecule has 2 aromatic rings. The van der Waals surface area contributed by atoms with Gasteiger partial charge in [-0.25, -0.2) is 4.98 Å². The standard InChI is InChI=1S/C14H14N6O/c1-18-9-12(8-17-18)20-6-5-19(10-13(20)21)14-11(7-15)3-2-4-16-14/h2-4,8-9H,5-6,10H2,1H3. The third kappa shape index (κ3) is 2.43. The number of nitriles is 1. The van der Waals surface area contributed by atoms with Gasteiger partial charge in [0.05, 0.1) is 24.0 Å². The van der Waals surface area contributed by atoms with Gasteiger partial charge in [-0.2, -0.15) is 10.4 Å². The van der Waals surface area contributed by atoms with Gasteiger partial charge in [-0.15, -0.1) is 0 Å². The zero-order chi connectivity index (χ0) is 14.8. The Balaban J connectivity index is 1.80. The van der Waals surface area contributed by atoms with E-state index in [0.717, 1.165) is 5.69 Å². The Bertz CT molecular complexity index is 716. The molecule has 1 saturated heterocycles. The van der Waals surface area contributed by atoms with E-state index in [2.05, 4.69) is 16.2 Å². The summed E-state index contributed by atoms with van der Waals surface area (Å²) in [7, 11) is 1.82. The summed E-state index contributed by atoms with van der Waals surface area (Å²) >= 11 is 0. The van der Waals surface area contributed by atoms with Gasteiger partial charge in [-0.05, 0) is 12.1 Å². The summed E-state index contributed by atoms with van der Waals surface area (Å²) < 4.78 is 1.67. The normalized spacial score (nSPS) is 15.1. The second-order valence-corrected chi connectivity index (χ2v) is 4.83. The van der Waals surface area contributed by atoms with Crippen LogP contribution in [0.2, 0.25) is 0 Å². The third-order valence-corrected chi connectivity index (χ3v) is 3.43. The van der Waals surface area contributed by atoms with Crippen LogP contribution in [0.25, 0.3) is 0 Å². The predicted molar refractivity (Wildman–Crippen MR) is 76.7 cm³/mol. The highest BCUT2D eigenvalue weighted by Crippen LogP contribution is 2.21. The molecule has 2 aromatic heterocycles. The Morgan fingerprint density at radius 1 is 1.38 bits per heavy atom. The van der Waals surface area contributed by atoms with E-state index in [-0.39, 0.29) is 12.5 Å². The Morgan fingerprint density at radius 2 is 2.24 bits per heavy atom. The molecule has 3 rings (SSSR count). The second kappa shape index (κ2) is 5.25. The van der Waals surface area contributed by atoms with Gasteiger partial charge in [0.25, 0.3) is 0 Å². The van der Waals surface area contributed by atoms with Crippen molar-refractivity contribution in [3.63, 3.8) is 0 Å². The van der Waals surface area contributed by atoms with Gasteiger partial charge in [0, 0.05) is 32.5 Å². The van der Waals surface area contributed by atoms with Crippen LogP contribution in [-0.2, 0) is 11.8 Å². The van der Waals surface area contributed by atoms with Crippen LogP contribution in [0.1, 0.15) is 5.56 Å². The van der Waals surface area contributed by atoms with Gasteiger partial charge in [-0.1, -0.05) is 0 Å². The summed E-state index contributed by atoms with van der Waals surface area (Å²) in [5, 5.41) is 13.2. The summed E-state index contributed by atoms with van der Waals surface area (Å²) in [6, 6.07) is 5.54. The average Bonchev–Trinajstić information content (AvgIpc) is 2.93. The van der Waals surface area contributed by atoms with Crippen molar-refractivity contribution in [2.24, 2.45) is 7.05 Å². The fourth-order valence-corrected chi connectivity index (χ4v) is 2.41. The number of carbonyl (C=O) groups excluding carboxylic acids is 1. The van der Waals surface area contributed by atoms with E-state index >= 15 is 0 Å². The van der Waals surface area contributed by atoms with Crippen LogP contribution >= 0.6 is 0 Å². The highest BCUT2D eigenvalue weighted by Gasteiger charge is 2.27. The number of piperazine rings is 1. The number of carbonyl (C=O) groups is 1. The average molecular weight is 282 g/mol. The lowest BCUT2D eigenvalue weighted by Gasteiger charge is -2.34. The van der Waals surface area contributed by atoms with Crippen molar-refractivity contribution in [3.8, 4) is 6.07 Å². The van der Waals surface area contributed by atoms with Crippen LogP contribution in [0.15, 0.2) is 30.7 Å². The van der Waals surface area contributed by atoms with Crippen LogP contribution in [0, 0.1) is 11.3 Å². The smallest absolute Gasteiger partial charge is 0.246 e. The van der Waals surface area contributed by atoms with E-state index in [1.165, 1.54) is 0 Å². The van der Waals surface area contributed by atoms with Crippen molar-refractivity contribution in [1.82, 2.24) is 14.8 Å². The second-order valence-electron chi connectivity index (χ2n) is 4.83. The number of nitrogens with zero attached hydrogens (tertiary/aromatic N) is 6. The SMILES string of the molecule is Cn1cc(N2CCN(c3ncccc3C#N)CC2=O)cn1. The molecule has 0 atom stereocenters. The van der Waals surface area contributed by atoms with Crippen molar-refractivity contribution >= 4 is 17.4 Å². The lowest BCUT2D eigenvalue weighted by Crippen LogP contribution is -2.51. The maximum absolute atomic E-state index is 12.3. The van der Waals surface area contributed by atoms with E-state index in [0.29, 0.717) is 24.5 Å². The summed E-state index contributed by atoms with van der Waals surface area (Å²) in [5.74, 6) is 0.544. The number of anilines is 2. The number of aryl methyl sites for hydroxylation is 1. The fourth-order valence-electron chi connectivity index (χ4n) is 2.41. The number of pyridine rings is 1. The van der Waals surface area contributed by atoms with Crippen LogP contribution in [0.4, 0.5) is 11.5 Å². The molecule has 7 heteroatoms. The van der Waals surface area contributed by atoms with E-state index in [1.807, 2.05) is 18.1 Å². The van der Waals surface area contributed by atoms with Crippen molar-refractivity contribution in [3.05, 3.63) is 36.3 Å². The molecule has 3 heterocycles. The summed E-state index contributed by atoms with van der Waals surface area (Å²) in [4.78, 5) is 20.1. The molecule has 1 amide bonds. The fraction of sp³-hybridized carbons (Fsp3) is 0.286. The molecule has 0 bridgehead atoms. The minimum absolute atomic E-state index is 0.0243. The van der Waals surface area contributed by atoms with Gasteiger partial charge in [0.2, 0.25) is 5.91 Å². The topological polar surface area (TPSA) is 78.0 Å². The number of amides is 1. The van der Waals surface area contributed by atoms with E-state index in [1.54, 1.807) is 34.1 Å². The van der Waals surface area contributed by atoms with E-state index < -0.39 is 0 Å². The van der Waals surface area contributed by atoms with Gasteiger partial charge in [-0.3, -0.25) is 9.48 Å². The van der Waals surface area contributed by atoms with Gasteiger partial charge in [0.1, 0.15) is 11.9 Å². The quantitative estimate of drug-likeness (QED) is 0.803. The third-order valence-electron chi connectivity index (χ3n) is 3.43. The van der Waals surface area contributed by atoms with Crippen molar-refractivity contribution in [2.75, 3.05) is 29.4 Å². The maximum Gasteiger partial charge on any atom is 0.246 e. The molecule has 0 spiro atoms. The lowest BCUT2D eigenvalue weighted by molar-refractivity contribution is -0.117. The minimum atomic E-state index is -0.0243. The van der Waals surface area contributed by atoms with Gasteiger partial charge < -0.3 is 9.80 Å². The number of hydrogen-bond acceptors (Lipinski definition) is 5. The minimum Gasteiger partial charge on any atom is -0.344 e. The predicted octanol–water partition coefficient (Wildman–Crippen LogP) is 0.540. The molecular weight excluding hydrogens is 268 g/mol. The van der Waals surface area contributed by atoms with Gasteiger partial charge in [0.15, 0.2) is 0 Å². The first-order valence-electron chi connectivity index (χ1n) is 6.58. The van der Waals surface area contributed by atoms with E-state index in [9.17, 15) is 4.79 Å². The lowest BCUT2D eigenvalue weighted by atomic mass is 10.2. The molecule has 1 aliphatic heterocycles. The Labute approximate surface area is 122 Å². The molecule has 106 valence electrons. The van der Waals surface area contributed by atoms with Crippen LogP contribution < -0.4 is 9.80 Å². The first kappa shape index (κ1) is 13.1. The summed E-state index contributed by atoms with van der Waals surface area (Å²) in [6.45, 7) is 1.39. The molecule has 1 aliphatic rings. The summed E-state index contributed by atoms with van der Waals surface area (Å²) in [5.41, 5.74) is 1.28. The van der Waals surface area contributed by atoms with Crippen molar-refractivity contribution < 1.29 is 4.79 Å². The Hall–Kier alpha value is -2.88. The van der Waals surface area contributed by atoms with Crippen molar-refractivity contribution in [1.29, 1.82) is 5.26 Å². The zero-order valence-electron chi connectivity index (χ0n) is 11.6. The molecule has 21 heavy (non-hydrogen) atoms. The maximum atomic E-state index is 12.3. The number of hydrogen-bond donors (Lipinski definition) is 0. The molecule has 0 radical (unpaired) electrons. The molecule has 0 aromatic carbocycles. The Morgan fingerprint density at radius 3 is 2.90 bits per heavy atom. The van der Waals surface area contributed by atoms with Crippen molar-refractivity contribution in [2.45, 2.75) is 0 Å². The molecule has 7 nitrogen and oxygen atoms in total. The largest absolute Gasteiger partial charge is 0.344 e. The molecule has 0 unspecified atom stereocenters. The van der Waals surface area contributed by atoms with Crippen LogP contribution in [0.5, 0.6) is 0 Å².